The average Bonchev–Trinajstić information content (AvgIpc) is 3.85. The number of amides is 2. The number of hydrogen-bond donors (Lipinski definition) is 4. The van der Waals surface area contributed by atoms with Gasteiger partial charge in [0.05, 0.1) is 11.8 Å². The first kappa shape index (κ1) is 40.9. The first-order valence-corrected chi connectivity index (χ1v) is 19.4. The third kappa shape index (κ3) is 11.6. The number of benzene rings is 4. The molecule has 2 fully saturated rings. The smallest absolute Gasteiger partial charge is 0.396 e. The zero-order valence-corrected chi connectivity index (χ0v) is 31.1. The fourth-order valence-corrected chi connectivity index (χ4v) is 10.4. The number of carbonyl (C=O) groups is 2. The first-order valence-electron chi connectivity index (χ1n) is 16.7. The van der Waals surface area contributed by atoms with E-state index in [0.717, 1.165) is 23.2 Å². The normalized spacial score (nSPS) is 15.3. The molecule has 0 aliphatic heterocycles. The van der Waals surface area contributed by atoms with Crippen LogP contribution >= 0.6 is 15.8 Å². The summed E-state index contributed by atoms with van der Waals surface area (Å²) in [6.45, 7) is 1.12. The second kappa shape index (κ2) is 22.2. The molecule has 0 bridgehead atoms. The summed E-state index contributed by atoms with van der Waals surface area (Å²) in [5.74, 6) is 1.29. The van der Waals surface area contributed by atoms with Crippen LogP contribution in [0.2, 0.25) is 0 Å². The fraction of sp³-hybridized carbons (Fsp3) is 0.143. The van der Waals surface area contributed by atoms with Gasteiger partial charge in [0.25, 0.3) is 0 Å². The molecule has 2 saturated carbocycles. The minimum absolute atomic E-state index is 0. The van der Waals surface area contributed by atoms with Crippen LogP contribution in [0.3, 0.4) is 0 Å². The van der Waals surface area contributed by atoms with Crippen molar-refractivity contribution in [3.63, 3.8) is 0 Å². The Bertz CT molecular complexity index is 1370. The average molecular weight is 757 g/mol. The molecule has 2 amide bonds. The minimum atomic E-state index is -0.791. The standard InChI is InChI=1S/2C21H21NO2P.Fe/c2*23-16-8-15-22-21(24)19-13-7-14-20(19)25(17-9-3-1-4-10-17)18-11-5-2-6-12-18;/h2*1-7,9-14,23H,8,15-16H2,(H,22,24);/q;;+2. The molecule has 0 spiro atoms. The second-order valence-corrected chi connectivity index (χ2v) is 15.7. The maximum Gasteiger partial charge on any atom is 2.00 e. The zero-order valence-electron chi connectivity index (χ0n) is 28.2. The summed E-state index contributed by atoms with van der Waals surface area (Å²) in [5, 5.41) is 28.5. The number of aliphatic hydroxyl groups excluding tert-OH is 2. The van der Waals surface area contributed by atoms with Gasteiger partial charge < -0.3 is 20.8 Å². The molecule has 0 heterocycles. The molecule has 0 atom stereocenters. The molecular formula is C42H42FeN2O4P2+2. The summed E-state index contributed by atoms with van der Waals surface area (Å²) in [6, 6.07) is 41.3. The van der Waals surface area contributed by atoms with E-state index in [0.29, 0.717) is 25.9 Å². The quantitative estimate of drug-likeness (QED) is 0.0853. The molecular weight excluding hydrogens is 714 g/mol. The van der Waals surface area contributed by atoms with Crippen LogP contribution in [0.4, 0.5) is 0 Å². The van der Waals surface area contributed by atoms with Crippen LogP contribution in [0.15, 0.2) is 121 Å². The van der Waals surface area contributed by atoms with E-state index >= 15 is 0 Å². The first-order chi connectivity index (χ1) is 24.6. The largest absolute Gasteiger partial charge is 2.00 e. The maximum atomic E-state index is 12.6. The van der Waals surface area contributed by atoms with E-state index in [1.807, 2.05) is 111 Å². The molecule has 2 aliphatic carbocycles. The Morgan fingerprint density at radius 1 is 0.471 bits per heavy atom. The van der Waals surface area contributed by atoms with E-state index in [-0.39, 0.29) is 42.1 Å². The molecule has 4 N–H and O–H groups in total. The van der Waals surface area contributed by atoms with E-state index < -0.39 is 15.8 Å². The van der Waals surface area contributed by atoms with Crippen LogP contribution in [-0.2, 0) is 26.7 Å². The second-order valence-electron chi connectivity index (χ2n) is 11.3. The Balaban J connectivity index is 0.000000224. The Labute approximate surface area is 317 Å². The summed E-state index contributed by atoms with van der Waals surface area (Å²) in [6.07, 6.45) is 12.9. The van der Waals surface area contributed by atoms with Crippen molar-refractivity contribution in [2.75, 3.05) is 26.3 Å². The molecule has 6 nitrogen and oxygen atoms in total. The van der Waals surface area contributed by atoms with Crippen LogP contribution in [-0.4, -0.2) is 48.3 Å². The van der Waals surface area contributed by atoms with Gasteiger partial charge in [0.1, 0.15) is 0 Å². The van der Waals surface area contributed by atoms with Gasteiger partial charge in [-0.1, -0.05) is 121 Å². The summed E-state index contributed by atoms with van der Waals surface area (Å²) in [5.41, 5.74) is 2.13. The molecule has 260 valence electrons. The van der Waals surface area contributed by atoms with Crippen molar-refractivity contribution < 1.29 is 36.9 Å². The van der Waals surface area contributed by atoms with Gasteiger partial charge in [-0.2, -0.15) is 0 Å². The van der Waals surface area contributed by atoms with Crippen LogP contribution < -0.4 is 31.9 Å². The van der Waals surface area contributed by atoms with Gasteiger partial charge in [0.15, 0.2) is 0 Å². The topological polar surface area (TPSA) is 98.7 Å². The van der Waals surface area contributed by atoms with Gasteiger partial charge in [-0.15, -0.1) is 0 Å². The predicted octanol–water partition coefficient (Wildman–Crippen LogP) is 4.70. The molecule has 10 radical (unpaired) electrons. The Morgan fingerprint density at radius 2 is 0.765 bits per heavy atom. The molecule has 0 unspecified atom stereocenters. The van der Waals surface area contributed by atoms with Crippen LogP contribution in [0, 0.1) is 61.7 Å². The number of nitrogens with one attached hydrogen (secondary N) is 2. The fourth-order valence-electron chi connectivity index (χ4n) is 5.51. The summed E-state index contributed by atoms with van der Waals surface area (Å²) in [7, 11) is -1.58. The van der Waals surface area contributed by atoms with E-state index in [2.05, 4.69) is 59.2 Å². The molecule has 2 aliphatic rings. The van der Waals surface area contributed by atoms with E-state index in [9.17, 15) is 9.59 Å². The third-order valence-electron chi connectivity index (χ3n) is 7.86. The molecule has 51 heavy (non-hydrogen) atoms. The van der Waals surface area contributed by atoms with Gasteiger partial charge in [-0.25, -0.2) is 0 Å². The molecule has 0 saturated heterocycles. The van der Waals surface area contributed by atoms with Crippen LogP contribution in [0.5, 0.6) is 0 Å². The number of aliphatic hydroxyl groups is 2. The molecule has 6 rings (SSSR count). The van der Waals surface area contributed by atoms with Crippen molar-refractivity contribution in [2.24, 2.45) is 0 Å². The van der Waals surface area contributed by atoms with Crippen LogP contribution in [0.1, 0.15) is 12.8 Å². The molecule has 4 aromatic carbocycles. The summed E-state index contributed by atoms with van der Waals surface area (Å²) < 4.78 is 0. The van der Waals surface area contributed by atoms with Gasteiger partial charge in [0.2, 0.25) is 11.8 Å². The van der Waals surface area contributed by atoms with Gasteiger partial charge in [-0.3, -0.25) is 9.59 Å². The van der Waals surface area contributed by atoms with E-state index in [4.69, 9.17) is 10.2 Å². The predicted molar refractivity (Wildman–Crippen MR) is 206 cm³/mol. The summed E-state index contributed by atoms with van der Waals surface area (Å²) >= 11 is 0. The Morgan fingerprint density at radius 3 is 1.04 bits per heavy atom. The monoisotopic (exact) mass is 756 g/mol. The number of rotatable bonds is 14. The Kier molecular flexibility index (Phi) is 17.8. The zero-order chi connectivity index (χ0) is 35.0. The van der Waals surface area contributed by atoms with Crippen molar-refractivity contribution in [3.05, 3.63) is 183 Å². The van der Waals surface area contributed by atoms with Crippen molar-refractivity contribution in [2.45, 2.75) is 12.8 Å². The van der Waals surface area contributed by atoms with Gasteiger partial charge in [0, 0.05) is 37.6 Å². The summed E-state index contributed by atoms with van der Waals surface area (Å²) in [4.78, 5) is 25.2. The molecule has 4 aromatic rings. The van der Waals surface area contributed by atoms with Crippen molar-refractivity contribution in [1.82, 2.24) is 10.6 Å². The van der Waals surface area contributed by atoms with Crippen molar-refractivity contribution in [1.29, 1.82) is 0 Å². The van der Waals surface area contributed by atoms with Gasteiger partial charge in [-0.05, 0) is 88.4 Å². The SMILES string of the molecule is O=C(NCCCO)[C]1[CH][CH][CH][C]1P(c1ccccc1)c1ccccc1.O=C(NCCCO)[C]1[CH][CH][CH][C]1P(c1ccccc1)c1ccccc1.[Fe+2]. The van der Waals surface area contributed by atoms with Crippen molar-refractivity contribution in [3.8, 4) is 0 Å². The van der Waals surface area contributed by atoms with E-state index in [1.54, 1.807) is 0 Å². The number of carbonyl (C=O) groups excluding carboxylic acids is 2. The van der Waals surface area contributed by atoms with E-state index in [1.165, 1.54) is 21.2 Å². The Hall–Kier alpha value is -2.88. The molecule has 9 heteroatoms. The van der Waals surface area contributed by atoms with Gasteiger partial charge >= 0.3 is 17.1 Å². The molecule has 0 aromatic heterocycles. The van der Waals surface area contributed by atoms with Crippen LogP contribution in [0.25, 0.3) is 0 Å². The van der Waals surface area contributed by atoms with Crippen molar-refractivity contribution >= 4 is 48.9 Å². The number of hydrogen-bond acceptors (Lipinski definition) is 4. The maximum absolute atomic E-state index is 12.6. The minimum Gasteiger partial charge on any atom is -0.396 e. The third-order valence-corrected chi connectivity index (χ3v) is 12.9.